The summed E-state index contributed by atoms with van der Waals surface area (Å²) in [6, 6.07) is 26.2. The third-order valence-electron chi connectivity index (χ3n) is 5.46. The number of hydrazone groups is 1. The van der Waals surface area contributed by atoms with Crippen LogP contribution in [0.25, 0.3) is 10.9 Å². The van der Waals surface area contributed by atoms with E-state index in [1.807, 2.05) is 72.9 Å². The van der Waals surface area contributed by atoms with Crippen molar-refractivity contribution < 1.29 is 9.53 Å². The number of ether oxygens (including phenoxy) is 1. The third kappa shape index (κ3) is 4.67. The minimum Gasteiger partial charge on any atom is -0.484 e. The Morgan fingerprint density at radius 2 is 1.65 bits per heavy atom. The molecule has 0 atom stereocenters. The average molecular weight is 412 g/mol. The van der Waals surface area contributed by atoms with Crippen molar-refractivity contribution in [2.24, 2.45) is 5.10 Å². The molecule has 4 rings (SSSR count). The molecular weight excluding hydrogens is 386 g/mol. The number of fused-ring (bicyclic) bond motifs is 1. The number of para-hydroxylation sites is 1. The fourth-order valence-corrected chi connectivity index (χ4v) is 3.55. The highest BCUT2D eigenvalue weighted by Crippen LogP contribution is 2.32. The predicted molar refractivity (Wildman–Crippen MR) is 125 cm³/mol. The number of hydrogen-bond donors (Lipinski definition) is 2. The highest BCUT2D eigenvalue weighted by atomic mass is 16.5. The van der Waals surface area contributed by atoms with Gasteiger partial charge in [-0.15, -0.1) is 0 Å². The molecule has 31 heavy (non-hydrogen) atoms. The van der Waals surface area contributed by atoms with E-state index in [1.54, 1.807) is 6.21 Å². The molecule has 0 radical (unpaired) electrons. The molecule has 0 saturated heterocycles. The molecule has 0 fully saturated rings. The number of hydrogen-bond acceptors (Lipinski definition) is 3. The third-order valence-corrected chi connectivity index (χ3v) is 5.46. The summed E-state index contributed by atoms with van der Waals surface area (Å²) >= 11 is 0. The quantitative estimate of drug-likeness (QED) is 0.331. The molecule has 0 unspecified atom stereocenters. The van der Waals surface area contributed by atoms with E-state index >= 15 is 0 Å². The van der Waals surface area contributed by atoms with Crippen LogP contribution in [-0.2, 0) is 10.2 Å². The molecule has 1 aromatic heterocycles. The second-order valence-corrected chi connectivity index (χ2v) is 7.89. The molecule has 0 aliphatic heterocycles. The van der Waals surface area contributed by atoms with Crippen molar-refractivity contribution in [1.29, 1.82) is 0 Å². The van der Waals surface area contributed by atoms with E-state index in [2.05, 4.69) is 41.5 Å². The Labute approximate surface area is 181 Å². The summed E-state index contributed by atoms with van der Waals surface area (Å²) in [5.74, 6) is 0.327. The lowest BCUT2D eigenvalue weighted by atomic mass is 9.78. The zero-order valence-corrected chi connectivity index (χ0v) is 17.6. The summed E-state index contributed by atoms with van der Waals surface area (Å²) in [5.41, 5.74) is 6.75. The molecule has 5 heteroatoms. The topological polar surface area (TPSA) is 66.5 Å². The van der Waals surface area contributed by atoms with Gasteiger partial charge in [0.1, 0.15) is 5.75 Å². The Morgan fingerprint density at radius 3 is 2.42 bits per heavy atom. The number of nitrogens with one attached hydrogen (secondary N) is 2. The Bertz CT molecular complexity index is 1190. The van der Waals surface area contributed by atoms with Gasteiger partial charge >= 0.3 is 0 Å². The molecule has 5 nitrogen and oxygen atoms in total. The number of carbonyl (C=O) groups excluding carboxylic acids is 1. The zero-order valence-electron chi connectivity index (χ0n) is 17.6. The van der Waals surface area contributed by atoms with Crippen molar-refractivity contribution in [3.8, 4) is 5.75 Å². The Balaban J connectivity index is 1.31. The molecule has 1 amide bonds. The van der Waals surface area contributed by atoms with Gasteiger partial charge in [0.15, 0.2) is 6.61 Å². The van der Waals surface area contributed by atoms with Crippen LogP contribution in [0.2, 0.25) is 0 Å². The Morgan fingerprint density at radius 1 is 0.968 bits per heavy atom. The van der Waals surface area contributed by atoms with E-state index in [9.17, 15) is 4.79 Å². The maximum absolute atomic E-state index is 12.1. The highest BCUT2D eigenvalue weighted by molar-refractivity contribution is 5.99. The Hall–Kier alpha value is -3.86. The summed E-state index contributed by atoms with van der Waals surface area (Å²) in [6.07, 6.45) is 3.48. The maximum Gasteiger partial charge on any atom is 0.277 e. The normalized spacial score (nSPS) is 11.7. The van der Waals surface area contributed by atoms with Crippen LogP contribution in [0.15, 0.2) is 90.2 Å². The molecule has 0 bridgehead atoms. The molecule has 1 heterocycles. The van der Waals surface area contributed by atoms with E-state index < -0.39 is 0 Å². The van der Waals surface area contributed by atoms with E-state index in [1.165, 1.54) is 11.1 Å². The lowest BCUT2D eigenvalue weighted by Crippen LogP contribution is -2.24. The second kappa shape index (κ2) is 8.88. The molecule has 0 spiro atoms. The molecule has 0 aliphatic carbocycles. The molecule has 0 saturated carbocycles. The maximum atomic E-state index is 12.1. The first-order chi connectivity index (χ1) is 15.0. The highest BCUT2D eigenvalue weighted by Gasteiger charge is 2.22. The van der Waals surface area contributed by atoms with Gasteiger partial charge in [0.05, 0.1) is 6.21 Å². The van der Waals surface area contributed by atoms with Crippen molar-refractivity contribution in [3.05, 3.63) is 102 Å². The average Bonchev–Trinajstić information content (AvgIpc) is 3.22. The first-order valence-electron chi connectivity index (χ1n) is 10.2. The summed E-state index contributed by atoms with van der Waals surface area (Å²) in [4.78, 5) is 15.2. The van der Waals surface area contributed by atoms with Crippen LogP contribution in [-0.4, -0.2) is 23.7 Å². The van der Waals surface area contributed by atoms with Gasteiger partial charge in [-0.05, 0) is 29.3 Å². The number of rotatable bonds is 7. The van der Waals surface area contributed by atoms with Crippen LogP contribution < -0.4 is 10.2 Å². The summed E-state index contributed by atoms with van der Waals surface area (Å²) < 4.78 is 5.61. The fourth-order valence-electron chi connectivity index (χ4n) is 3.55. The molecule has 2 N–H and O–H groups in total. The van der Waals surface area contributed by atoms with E-state index in [-0.39, 0.29) is 17.9 Å². The number of H-pyrrole nitrogens is 1. The molecule has 3 aromatic carbocycles. The van der Waals surface area contributed by atoms with Crippen molar-refractivity contribution >= 4 is 23.0 Å². The minimum absolute atomic E-state index is 0.105. The largest absolute Gasteiger partial charge is 0.484 e. The van der Waals surface area contributed by atoms with E-state index in [4.69, 9.17) is 4.74 Å². The minimum atomic E-state index is -0.315. The number of nitrogens with zero attached hydrogens (tertiary/aromatic N) is 1. The van der Waals surface area contributed by atoms with Gasteiger partial charge < -0.3 is 9.72 Å². The smallest absolute Gasteiger partial charge is 0.277 e. The number of benzene rings is 3. The van der Waals surface area contributed by atoms with Crippen molar-refractivity contribution in [1.82, 2.24) is 10.4 Å². The number of carbonyl (C=O) groups is 1. The zero-order chi connectivity index (χ0) is 21.7. The predicted octanol–water partition coefficient (Wildman–Crippen LogP) is 5.02. The van der Waals surface area contributed by atoms with Crippen molar-refractivity contribution in [2.75, 3.05) is 6.61 Å². The van der Waals surface area contributed by atoms with E-state index in [0.29, 0.717) is 5.75 Å². The van der Waals surface area contributed by atoms with Gasteiger partial charge in [0.2, 0.25) is 0 Å². The summed E-state index contributed by atoms with van der Waals surface area (Å²) in [5, 5.41) is 5.08. The van der Waals surface area contributed by atoms with E-state index in [0.717, 1.165) is 16.5 Å². The van der Waals surface area contributed by atoms with Gasteiger partial charge in [-0.25, -0.2) is 5.43 Å². The second-order valence-electron chi connectivity index (χ2n) is 7.89. The summed E-state index contributed by atoms with van der Waals surface area (Å²) in [6.45, 7) is 4.28. The van der Waals surface area contributed by atoms with Gasteiger partial charge in [-0.2, -0.15) is 5.10 Å². The van der Waals surface area contributed by atoms with Gasteiger partial charge in [-0.3, -0.25) is 4.79 Å². The first kappa shape index (κ1) is 20.4. The van der Waals surface area contributed by atoms with Crippen LogP contribution in [0.1, 0.15) is 30.5 Å². The standard InChI is InChI=1S/C26H25N3O2/c1-26(2,20-8-4-3-5-9-20)21-12-14-22(15-13-21)31-18-25(30)29-28-17-19-16-27-24-11-7-6-10-23(19)24/h3-17,27H,18H2,1-2H3,(H,29,30)/b28-17+. The summed E-state index contributed by atoms with van der Waals surface area (Å²) in [7, 11) is 0. The van der Waals surface area contributed by atoms with Gasteiger partial charge in [-0.1, -0.05) is 74.5 Å². The SMILES string of the molecule is CC(C)(c1ccccc1)c1ccc(OCC(=O)N/N=C/c2c[nH]c3ccccc23)cc1. The first-order valence-corrected chi connectivity index (χ1v) is 10.2. The lowest BCUT2D eigenvalue weighted by Gasteiger charge is -2.26. The monoisotopic (exact) mass is 411 g/mol. The van der Waals surface area contributed by atoms with Gasteiger partial charge in [0, 0.05) is 28.1 Å². The number of amides is 1. The lowest BCUT2D eigenvalue weighted by molar-refractivity contribution is -0.123. The van der Waals surface area contributed by atoms with Crippen LogP contribution in [0, 0.1) is 0 Å². The van der Waals surface area contributed by atoms with Crippen LogP contribution in [0.5, 0.6) is 5.75 Å². The van der Waals surface area contributed by atoms with Crippen LogP contribution in [0.4, 0.5) is 0 Å². The Kier molecular flexibility index (Phi) is 5.85. The van der Waals surface area contributed by atoms with Crippen molar-refractivity contribution in [3.63, 3.8) is 0 Å². The molecular formula is C26H25N3O2. The molecule has 156 valence electrons. The number of aromatic amines is 1. The van der Waals surface area contributed by atoms with Crippen molar-refractivity contribution in [2.45, 2.75) is 19.3 Å². The molecule has 4 aromatic rings. The fraction of sp³-hybridized carbons (Fsp3) is 0.154. The van der Waals surface area contributed by atoms with Crippen LogP contribution >= 0.6 is 0 Å². The van der Waals surface area contributed by atoms with Gasteiger partial charge in [0.25, 0.3) is 5.91 Å². The number of aromatic nitrogens is 1. The molecule has 0 aliphatic rings. The van der Waals surface area contributed by atoms with Crippen LogP contribution in [0.3, 0.4) is 0 Å².